The molecule has 2 N–H and O–H groups in total. The molecule has 1 aliphatic heterocycles. The van der Waals surface area contributed by atoms with Crippen molar-refractivity contribution in [2.45, 2.75) is 32.7 Å². The normalized spacial score (nSPS) is 16.7. The minimum atomic E-state index is 0. The first kappa shape index (κ1) is 20.5. The van der Waals surface area contributed by atoms with Crippen LogP contribution in [0.15, 0.2) is 30.5 Å². The van der Waals surface area contributed by atoms with E-state index in [0.717, 1.165) is 48.7 Å². The van der Waals surface area contributed by atoms with Gasteiger partial charge in [0.25, 0.3) is 5.91 Å². The van der Waals surface area contributed by atoms with E-state index in [1.54, 1.807) is 6.20 Å². The van der Waals surface area contributed by atoms with Crippen LogP contribution in [0, 0.1) is 13.8 Å². The molecule has 0 spiro atoms. The summed E-state index contributed by atoms with van der Waals surface area (Å²) in [5.74, 6) is 0.847. The maximum atomic E-state index is 12.6. The zero-order valence-corrected chi connectivity index (χ0v) is 15.5. The Hall–Kier alpha value is -1.56. The Balaban J connectivity index is 0.00000144. The van der Waals surface area contributed by atoms with E-state index in [1.807, 2.05) is 42.7 Å². The van der Waals surface area contributed by atoms with Gasteiger partial charge in [0.1, 0.15) is 5.82 Å². The van der Waals surface area contributed by atoms with Crippen LogP contribution in [0.25, 0.3) is 5.82 Å². The van der Waals surface area contributed by atoms with Gasteiger partial charge >= 0.3 is 0 Å². The minimum absolute atomic E-state index is 0. The van der Waals surface area contributed by atoms with Crippen molar-refractivity contribution in [2.75, 3.05) is 13.1 Å². The standard InChI is InChI=1S/C17H22N4O.2ClH/c1-12-10-15(17(22)20-14-6-5-8-18-11-14)13(2)21(12)16-7-3-4-9-19-16;;/h3-4,7,9-10,14,18H,5-6,8,11H2,1-2H3,(H,20,22);2*1H/t14-;;/m0../s1. The first-order valence-corrected chi connectivity index (χ1v) is 7.79. The third-order valence-corrected chi connectivity index (χ3v) is 4.19. The first-order valence-electron chi connectivity index (χ1n) is 7.79. The molecule has 1 aliphatic rings. The van der Waals surface area contributed by atoms with Crippen LogP contribution in [0.3, 0.4) is 0 Å². The fourth-order valence-corrected chi connectivity index (χ4v) is 3.07. The van der Waals surface area contributed by atoms with Crippen molar-refractivity contribution >= 4 is 30.7 Å². The van der Waals surface area contributed by atoms with Gasteiger partial charge in [0.05, 0.1) is 5.56 Å². The second-order valence-corrected chi connectivity index (χ2v) is 5.82. The number of pyridine rings is 1. The van der Waals surface area contributed by atoms with Crippen LogP contribution in [0.1, 0.15) is 34.6 Å². The van der Waals surface area contributed by atoms with Crippen LogP contribution < -0.4 is 10.6 Å². The highest BCUT2D eigenvalue weighted by Gasteiger charge is 2.20. The maximum Gasteiger partial charge on any atom is 0.253 e. The number of aromatic nitrogens is 2. The lowest BCUT2D eigenvalue weighted by atomic mass is 10.1. The molecule has 1 fully saturated rings. The molecule has 1 saturated heterocycles. The molecule has 0 bridgehead atoms. The van der Waals surface area contributed by atoms with E-state index in [-0.39, 0.29) is 36.8 Å². The molecule has 0 unspecified atom stereocenters. The summed E-state index contributed by atoms with van der Waals surface area (Å²) in [6.45, 7) is 5.86. The van der Waals surface area contributed by atoms with E-state index in [9.17, 15) is 4.79 Å². The SMILES string of the molecule is Cc1cc(C(=O)N[C@H]2CCCNC2)c(C)n1-c1ccccn1.Cl.Cl. The minimum Gasteiger partial charge on any atom is -0.348 e. The number of nitrogens with zero attached hydrogens (tertiary/aromatic N) is 2. The number of rotatable bonds is 3. The molecule has 3 rings (SSSR count). The van der Waals surface area contributed by atoms with Crippen LogP contribution in [0.4, 0.5) is 0 Å². The Labute approximate surface area is 155 Å². The Kier molecular flexibility index (Phi) is 7.73. The average Bonchev–Trinajstić information content (AvgIpc) is 2.84. The number of halogens is 2. The van der Waals surface area contributed by atoms with Crippen molar-refractivity contribution in [1.82, 2.24) is 20.2 Å². The van der Waals surface area contributed by atoms with Crippen LogP contribution in [0.2, 0.25) is 0 Å². The van der Waals surface area contributed by atoms with Crippen LogP contribution >= 0.6 is 24.8 Å². The van der Waals surface area contributed by atoms with E-state index in [1.165, 1.54) is 0 Å². The van der Waals surface area contributed by atoms with Crippen LogP contribution in [-0.2, 0) is 0 Å². The van der Waals surface area contributed by atoms with Gasteiger partial charge in [0.2, 0.25) is 0 Å². The molecule has 1 amide bonds. The summed E-state index contributed by atoms with van der Waals surface area (Å²) in [5.41, 5.74) is 2.68. The number of piperidine rings is 1. The fourth-order valence-electron chi connectivity index (χ4n) is 3.07. The summed E-state index contributed by atoms with van der Waals surface area (Å²) in [6.07, 6.45) is 3.91. The number of hydrogen-bond acceptors (Lipinski definition) is 3. The number of carbonyl (C=O) groups excluding carboxylic acids is 1. The lowest BCUT2D eigenvalue weighted by molar-refractivity contribution is 0.0930. The Morgan fingerprint density at radius 2 is 2.12 bits per heavy atom. The topological polar surface area (TPSA) is 59.0 Å². The molecule has 1 atom stereocenters. The van der Waals surface area contributed by atoms with Crippen molar-refractivity contribution in [2.24, 2.45) is 0 Å². The van der Waals surface area contributed by atoms with Gasteiger partial charge < -0.3 is 15.2 Å². The van der Waals surface area contributed by atoms with E-state index >= 15 is 0 Å². The van der Waals surface area contributed by atoms with Gasteiger partial charge in [0, 0.05) is 30.2 Å². The van der Waals surface area contributed by atoms with Gasteiger partial charge in [-0.05, 0) is 51.4 Å². The van der Waals surface area contributed by atoms with Crippen molar-refractivity contribution in [3.05, 3.63) is 47.4 Å². The monoisotopic (exact) mass is 370 g/mol. The first-order chi connectivity index (χ1) is 10.7. The van der Waals surface area contributed by atoms with E-state index in [4.69, 9.17) is 0 Å². The molecule has 0 aromatic carbocycles. The second-order valence-electron chi connectivity index (χ2n) is 5.82. The van der Waals surface area contributed by atoms with Gasteiger partial charge in [-0.2, -0.15) is 0 Å². The molecule has 5 nitrogen and oxygen atoms in total. The van der Waals surface area contributed by atoms with Gasteiger partial charge in [0.15, 0.2) is 0 Å². The lowest BCUT2D eigenvalue weighted by Gasteiger charge is -2.23. The molecule has 2 aromatic rings. The summed E-state index contributed by atoms with van der Waals surface area (Å²) in [4.78, 5) is 16.9. The van der Waals surface area contributed by atoms with Gasteiger partial charge in [-0.1, -0.05) is 6.07 Å². The van der Waals surface area contributed by atoms with Crippen molar-refractivity contribution in [3.63, 3.8) is 0 Å². The molecular formula is C17H24Cl2N4O. The molecule has 7 heteroatoms. The molecule has 24 heavy (non-hydrogen) atoms. The number of carbonyl (C=O) groups is 1. The number of hydrogen-bond donors (Lipinski definition) is 2. The molecule has 0 radical (unpaired) electrons. The summed E-state index contributed by atoms with van der Waals surface area (Å²) >= 11 is 0. The number of amides is 1. The zero-order chi connectivity index (χ0) is 15.5. The molecule has 0 aliphatic carbocycles. The van der Waals surface area contributed by atoms with E-state index < -0.39 is 0 Å². The molecular weight excluding hydrogens is 347 g/mol. The number of nitrogens with one attached hydrogen (secondary N) is 2. The smallest absolute Gasteiger partial charge is 0.253 e. The highest BCUT2D eigenvalue weighted by molar-refractivity contribution is 5.96. The summed E-state index contributed by atoms with van der Waals surface area (Å²) in [7, 11) is 0. The molecule has 0 saturated carbocycles. The Morgan fingerprint density at radius 1 is 1.33 bits per heavy atom. The van der Waals surface area contributed by atoms with Crippen molar-refractivity contribution in [1.29, 1.82) is 0 Å². The van der Waals surface area contributed by atoms with Crippen LogP contribution in [-0.4, -0.2) is 34.6 Å². The van der Waals surface area contributed by atoms with Gasteiger partial charge in [-0.3, -0.25) is 4.79 Å². The largest absolute Gasteiger partial charge is 0.348 e. The van der Waals surface area contributed by atoms with Crippen molar-refractivity contribution < 1.29 is 4.79 Å². The van der Waals surface area contributed by atoms with Crippen LogP contribution in [0.5, 0.6) is 0 Å². The summed E-state index contributed by atoms with van der Waals surface area (Å²) in [5, 5.41) is 6.45. The van der Waals surface area contributed by atoms with Gasteiger partial charge in [-0.25, -0.2) is 4.98 Å². The second kappa shape index (κ2) is 9.06. The Bertz CT molecular complexity index is 667. The summed E-state index contributed by atoms with van der Waals surface area (Å²) < 4.78 is 2.02. The third kappa shape index (κ3) is 4.29. The maximum absolute atomic E-state index is 12.6. The highest BCUT2D eigenvalue weighted by atomic mass is 35.5. The zero-order valence-electron chi connectivity index (χ0n) is 13.9. The third-order valence-electron chi connectivity index (χ3n) is 4.19. The highest BCUT2D eigenvalue weighted by Crippen LogP contribution is 2.19. The quantitative estimate of drug-likeness (QED) is 0.872. The number of aryl methyl sites for hydroxylation is 1. The lowest BCUT2D eigenvalue weighted by Crippen LogP contribution is -2.45. The van der Waals surface area contributed by atoms with E-state index in [0.29, 0.717) is 0 Å². The molecule has 132 valence electrons. The predicted octanol–water partition coefficient (Wildman–Crippen LogP) is 2.81. The summed E-state index contributed by atoms with van der Waals surface area (Å²) in [6, 6.07) is 7.96. The predicted molar refractivity (Wildman–Crippen MR) is 101 cm³/mol. The average molecular weight is 371 g/mol. The van der Waals surface area contributed by atoms with Crippen molar-refractivity contribution in [3.8, 4) is 5.82 Å². The van der Waals surface area contributed by atoms with E-state index in [2.05, 4.69) is 15.6 Å². The fraction of sp³-hybridized carbons (Fsp3) is 0.412. The molecule has 2 aromatic heterocycles. The molecule has 3 heterocycles. The Morgan fingerprint density at radius 3 is 2.75 bits per heavy atom. The van der Waals surface area contributed by atoms with Gasteiger partial charge in [-0.15, -0.1) is 24.8 Å².